The highest BCUT2D eigenvalue weighted by Gasteiger charge is 2.19. The van der Waals surface area contributed by atoms with Crippen LogP contribution in [0.4, 0.5) is 4.39 Å². The van der Waals surface area contributed by atoms with Gasteiger partial charge in [0.25, 0.3) is 0 Å². The van der Waals surface area contributed by atoms with Crippen LogP contribution in [0.5, 0.6) is 0 Å². The molecule has 0 spiro atoms. The van der Waals surface area contributed by atoms with Gasteiger partial charge in [0.2, 0.25) is 5.91 Å². The maximum atomic E-state index is 13.3. The maximum absolute atomic E-state index is 13.3. The topological polar surface area (TPSA) is 46.9 Å². The maximum Gasteiger partial charge on any atom is 0.240 e. The number of thiophene rings is 1. The van der Waals surface area contributed by atoms with Crippen LogP contribution in [0.25, 0.3) is 11.0 Å². The van der Waals surface area contributed by atoms with Crippen molar-refractivity contribution >= 4 is 28.3 Å². The van der Waals surface area contributed by atoms with Gasteiger partial charge >= 0.3 is 0 Å². The van der Waals surface area contributed by atoms with Crippen LogP contribution < -0.4 is 5.32 Å². The molecule has 27 heavy (non-hydrogen) atoms. The lowest BCUT2D eigenvalue weighted by Crippen LogP contribution is -2.32. The van der Waals surface area contributed by atoms with Crippen LogP contribution in [-0.4, -0.2) is 15.5 Å². The largest absolute Gasteiger partial charge is 0.343 e. The predicted molar refractivity (Wildman–Crippen MR) is 105 cm³/mol. The first-order valence-corrected chi connectivity index (χ1v) is 9.50. The van der Waals surface area contributed by atoms with E-state index < -0.39 is 0 Å². The highest BCUT2D eigenvalue weighted by molar-refractivity contribution is 7.10. The van der Waals surface area contributed by atoms with E-state index >= 15 is 0 Å². The van der Waals surface area contributed by atoms with Crippen LogP contribution in [0.3, 0.4) is 0 Å². The van der Waals surface area contributed by atoms with Gasteiger partial charge in [0.1, 0.15) is 18.2 Å². The van der Waals surface area contributed by atoms with Crippen LogP contribution >= 0.6 is 11.3 Å². The van der Waals surface area contributed by atoms with Crippen molar-refractivity contribution in [2.45, 2.75) is 19.5 Å². The van der Waals surface area contributed by atoms with Crippen LogP contribution in [-0.2, 0) is 11.3 Å². The Morgan fingerprint density at radius 2 is 1.93 bits per heavy atom. The van der Waals surface area contributed by atoms with Gasteiger partial charge in [0, 0.05) is 4.88 Å². The van der Waals surface area contributed by atoms with Gasteiger partial charge in [-0.3, -0.25) is 4.79 Å². The third kappa shape index (κ3) is 3.61. The first kappa shape index (κ1) is 17.4. The Morgan fingerprint density at radius 1 is 1.15 bits per heavy atom. The summed E-state index contributed by atoms with van der Waals surface area (Å²) < 4.78 is 15.2. The van der Waals surface area contributed by atoms with Crippen molar-refractivity contribution in [1.29, 1.82) is 0 Å². The summed E-state index contributed by atoms with van der Waals surface area (Å²) in [6.45, 7) is 2.07. The molecule has 0 unspecified atom stereocenters. The van der Waals surface area contributed by atoms with Crippen molar-refractivity contribution < 1.29 is 9.18 Å². The Morgan fingerprint density at radius 3 is 2.67 bits per heavy atom. The van der Waals surface area contributed by atoms with Crippen molar-refractivity contribution in [3.05, 3.63) is 88.1 Å². The number of imidazole rings is 1. The molecule has 2 heterocycles. The minimum atomic E-state index is -0.312. The minimum absolute atomic E-state index is 0.121. The molecule has 0 aliphatic carbocycles. The van der Waals surface area contributed by atoms with Gasteiger partial charge in [-0.25, -0.2) is 9.37 Å². The molecule has 0 bridgehead atoms. The average Bonchev–Trinajstić information content (AvgIpc) is 3.29. The molecule has 0 saturated heterocycles. The van der Waals surface area contributed by atoms with Gasteiger partial charge in [-0.15, -0.1) is 11.3 Å². The molecule has 0 aliphatic rings. The van der Waals surface area contributed by atoms with Crippen molar-refractivity contribution in [3.63, 3.8) is 0 Å². The Bertz CT molecular complexity index is 1070. The zero-order valence-corrected chi connectivity index (χ0v) is 15.5. The van der Waals surface area contributed by atoms with Gasteiger partial charge < -0.3 is 9.88 Å². The van der Waals surface area contributed by atoms with E-state index in [0.29, 0.717) is 0 Å². The van der Waals surface area contributed by atoms with E-state index in [9.17, 15) is 9.18 Å². The summed E-state index contributed by atoms with van der Waals surface area (Å²) in [5.41, 5.74) is 2.65. The smallest absolute Gasteiger partial charge is 0.240 e. The highest BCUT2D eigenvalue weighted by atomic mass is 32.1. The number of rotatable bonds is 5. The molecule has 1 amide bonds. The summed E-state index contributed by atoms with van der Waals surface area (Å²) in [7, 11) is 0. The van der Waals surface area contributed by atoms with Gasteiger partial charge in [0.05, 0.1) is 17.1 Å². The number of para-hydroxylation sites is 2. The van der Waals surface area contributed by atoms with Crippen molar-refractivity contribution in [1.82, 2.24) is 14.9 Å². The molecule has 0 aliphatic heterocycles. The van der Waals surface area contributed by atoms with E-state index in [-0.39, 0.29) is 24.3 Å². The molecule has 0 fully saturated rings. The van der Waals surface area contributed by atoms with Crippen LogP contribution in [0.1, 0.15) is 22.3 Å². The molecule has 4 nitrogen and oxygen atoms in total. The van der Waals surface area contributed by atoms with Crippen LogP contribution in [0.15, 0.2) is 66.0 Å². The summed E-state index contributed by atoms with van der Waals surface area (Å²) in [5, 5.41) is 5.05. The van der Waals surface area contributed by atoms with E-state index in [0.717, 1.165) is 27.3 Å². The summed E-state index contributed by atoms with van der Waals surface area (Å²) in [4.78, 5) is 18.3. The number of benzene rings is 2. The molecular weight excluding hydrogens is 361 g/mol. The number of hydrogen-bond donors (Lipinski definition) is 1. The molecule has 1 atom stereocenters. The number of aryl methyl sites for hydroxylation is 1. The van der Waals surface area contributed by atoms with Crippen LogP contribution in [0.2, 0.25) is 0 Å². The molecule has 4 aromatic rings. The number of carbonyl (C=O) groups excluding carboxylic acids is 1. The van der Waals surface area contributed by atoms with Gasteiger partial charge in [0.15, 0.2) is 0 Å². The van der Waals surface area contributed by atoms with Crippen molar-refractivity contribution in [2.24, 2.45) is 0 Å². The van der Waals surface area contributed by atoms with Crippen LogP contribution in [0, 0.1) is 12.7 Å². The lowest BCUT2D eigenvalue weighted by Gasteiger charge is -2.19. The molecular formula is C21H18FN3OS. The fourth-order valence-corrected chi connectivity index (χ4v) is 3.98. The lowest BCUT2D eigenvalue weighted by atomic mass is 10.1. The zero-order valence-electron chi connectivity index (χ0n) is 14.7. The molecule has 2 aromatic heterocycles. The average molecular weight is 379 g/mol. The molecule has 0 saturated carbocycles. The van der Waals surface area contributed by atoms with E-state index in [2.05, 4.69) is 10.3 Å². The Balaban J connectivity index is 1.60. The number of hydrogen-bond acceptors (Lipinski definition) is 3. The molecule has 6 heteroatoms. The number of nitrogens with one attached hydrogen (secondary N) is 1. The van der Waals surface area contributed by atoms with E-state index in [1.54, 1.807) is 23.5 Å². The Kier molecular flexibility index (Phi) is 4.73. The SMILES string of the molecule is Cc1nc2ccccc2n1CC(=O)N[C@@H](c1ccc(F)cc1)c1cccs1. The Hall–Kier alpha value is -2.99. The number of amides is 1. The molecule has 4 rings (SSSR count). The standard InChI is InChI=1S/C21H18FN3OS/c1-14-23-17-5-2-3-6-18(17)25(14)13-20(26)24-21(19-7-4-12-27-19)15-8-10-16(22)11-9-15/h2-12,21H,13H2,1H3,(H,24,26)/t21-/m0/s1. The number of nitrogens with zero attached hydrogens (tertiary/aromatic N) is 2. The molecule has 2 aromatic carbocycles. The van der Waals surface area contributed by atoms with Crippen molar-refractivity contribution in [2.75, 3.05) is 0 Å². The predicted octanol–water partition coefficient (Wildman–Crippen LogP) is 4.45. The third-order valence-corrected chi connectivity index (χ3v) is 5.42. The number of carbonyl (C=O) groups is 1. The zero-order chi connectivity index (χ0) is 18.8. The fourth-order valence-electron chi connectivity index (χ4n) is 3.18. The minimum Gasteiger partial charge on any atom is -0.343 e. The van der Waals surface area contributed by atoms with E-state index in [1.165, 1.54) is 12.1 Å². The fraction of sp³-hybridized carbons (Fsp3) is 0.143. The third-order valence-electron chi connectivity index (χ3n) is 4.48. The molecule has 136 valence electrons. The second-order valence-electron chi connectivity index (χ2n) is 6.30. The number of halogens is 1. The van der Waals surface area contributed by atoms with Gasteiger partial charge in [-0.1, -0.05) is 30.3 Å². The summed E-state index contributed by atoms with van der Waals surface area (Å²) >= 11 is 1.56. The summed E-state index contributed by atoms with van der Waals surface area (Å²) in [5.74, 6) is 0.375. The van der Waals surface area contributed by atoms with E-state index in [4.69, 9.17) is 0 Å². The first-order chi connectivity index (χ1) is 13.1. The summed E-state index contributed by atoms with van der Waals surface area (Å²) in [6, 6.07) is 17.6. The lowest BCUT2D eigenvalue weighted by molar-refractivity contribution is -0.122. The van der Waals surface area contributed by atoms with Crippen molar-refractivity contribution in [3.8, 4) is 0 Å². The van der Waals surface area contributed by atoms with Gasteiger partial charge in [-0.05, 0) is 48.2 Å². The summed E-state index contributed by atoms with van der Waals surface area (Å²) in [6.07, 6.45) is 0. The monoisotopic (exact) mass is 379 g/mol. The first-order valence-electron chi connectivity index (χ1n) is 8.62. The molecule has 0 radical (unpaired) electrons. The number of fused-ring (bicyclic) bond motifs is 1. The normalized spacial score (nSPS) is 12.2. The molecule has 1 N–H and O–H groups in total. The van der Waals surface area contributed by atoms with E-state index in [1.807, 2.05) is 53.3 Å². The highest BCUT2D eigenvalue weighted by Crippen LogP contribution is 2.26. The number of aromatic nitrogens is 2. The Labute approximate surface area is 160 Å². The second-order valence-corrected chi connectivity index (χ2v) is 7.28. The van der Waals surface area contributed by atoms with Gasteiger partial charge in [-0.2, -0.15) is 0 Å². The second kappa shape index (κ2) is 7.32. The quantitative estimate of drug-likeness (QED) is 0.557.